The van der Waals surface area contributed by atoms with Crippen LogP contribution in [0.1, 0.15) is 19.8 Å². The van der Waals surface area contributed by atoms with Gasteiger partial charge in [-0.1, -0.05) is 23.1 Å². The zero-order chi connectivity index (χ0) is 22.4. The van der Waals surface area contributed by atoms with E-state index in [0.29, 0.717) is 29.5 Å². The second kappa shape index (κ2) is 10.4. The minimum Gasteiger partial charge on any atom is -0.497 e. The Bertz CT molecular complexity index is 1030. The summed E-state index contributed by atoms with van der Waals surface area (Å²) in [4.78, 5) is 24.3. The number of sulfonamides is 1. The predicted octanol–water partition coefficient (Wildman–Crippen LogP) is 1.99. The van der Waals surface area contributed by atoms with Gasteiger partial charge in [-0.25, -0.2) is 8.42 Å². The number of benzene rings is 1. The number of rotatable bonds is 9. The summed E-state index contributed by atoms with van der Waals surface area (Å²) in [5.74, 6) is -0.193. The van der Waals surface area contributed by atoms with Crippen LogP contribution in [-0.2, 0) is 24.3 Å². The van der Waals surface area contributed by atoms with Crippen molar-refractivity contribution in [1.29, 1.82) is 0 Å². The van der Waals surface area contributed by atoms with E-state index >= 15 is 0 Å². The molecule has 1 aliphatic heterocycles. The molecular weight excluding hydrogens is 464 g/mol. The van der Waals surface area contributed by atoms with Crippen molar-refractivity contribution in [3.8, 4) is 5.75 Å². The Hall–Kier alpha value is -2.22. The third-order valence-electron chi connectivity index (χ3n) is 4.43. The minimum absolute atomic E-state index is 0.0902. The topological polar surface area (TPSA) is 128 Å². The van der Waals surface area contributed by atoms with Gasteiger partial charge in [0.05, 0.1) is 24.4 Å². The summed E-state index contributed by atoms with van der Waals surface area (Å²) in [7, 11) is -2.34. The maximum Gasteiger partial charge on any atom is 0.316 e. The van der Waals surface area contributed by atoms with Gasteiger partial charge in [0.15, 0.2) is 4.34 Å². The molecule has 0 radical (unpaired) electrons. The normalized spacial score (nSPS) is 16.8. The van der Waals surface area contributed by atoms with E-state index in [-0.39, 0.29) is 28.3 Å². The van der Waals surface area contributed by atoms with Crippen LogP contribution in [0.3, 0.4) is 0 Å². The second-order valence-electron chi connectivity index (χ2n) is 6.41. The van der Waals surface area contributed by atoms with E-state index in [9.17, 15) is 18.0 Å². The minimum atomic E-state index is -3.84. The first-order valence-corrected chi connectivity index (χ1v) is 12.7. The van der Waals surface area contributed by atoms with Crippen LogP contribution in [0.15, 0.2) is 33.5 Å². The second-order valence-corrected chi connectivity index (χ2v) is 10.5. The fourth-order valence-electron chi connectivity index (χ4n) is 3.00. The van der Waals surface area contributed by atoms with Crippen LogP contribution >= 0.6 is 23.1 Å². The van der Waals surface area contributed by atoms with Crippen LogP contribution in [0.25, 0.3) is 0 Å². The molecule has 13 heteroatoms. The Morgan fingerprint density at radius 2 is 2.03 bits per heavy atom. The van der Waals surface area contributed by atoms with Crippen molar-refractivity contribution in [3.05, 3.63) is 24.3 Å². The maximum absolute atomic E-state index is 13.0. The van der Waals surface area contributed by atoms with Gasteiger partial charge in [-0.15, -0.1) is 10.2 Å². The van der Waals surface area contributed by atoms with E-state index in [1.54, 1.807) is 19.1 Å². The fraction of sp³-hybridized carbons (Fsp3) is 0.444. The Labute approximate surface area is 188 Å². The van der Waals surface area contributed by atoms with E-state index < -0.39 is 22.0 Å². The molecule has 2 heterocycles. The predicted molar refractivity (Wildman–Crippen MR) is 116 cm³/mol. The van der Waals surface area contributed by atoms with Gasteiger partial charge >= 0.3 is 5.97 Å². The zero-order valence-electron chi connectivity index (χ0n) is 16.9. The number of esters is 1. The zero-order valence-corrected chi connectivity index (χ0v) is 19.4. The van der Waals surface area contributed by atoms with Crippen LogP contribution in [0.5, 0.6) is 5.75 Å². The monoisotopic (exact) mass is 486 g/mol. The lowest BCUT2D eigenvalue weighted by Gasteiger charge is -2.23. The van der Waals surface area contributed by atoms with Crippen molar-refractivity contribution in [3.63, 3.8) is 0 Å². The highest BCUT2D eigenvalue weighted by Gasteiger charge is 2.39. The van der Waals surface area contributed by atoms with Crippen molar-refractivity contribution < 1.29 is 27.5 Å². The Morgan fingerprint density at radius 3 is 2.71 bits per heavy atom. The molecule has 1 N–H and O–H groups in total. The first-order valence-electron chi connectivity index (χ1n) is 9.44. The van der Waals surface area contributed by atoms with Gasteiger partial charge in [0, 0.05) is 6.54 Å². The van der Waals surface area contributed by atoms with Crippen molar-refractivity contribution >= 4 is 50.1 Å². The molecule has 3 rings (SSSR count). The van der Waals surface area contributed by atoms with Crippen molar-refractivity contribution in [1.82, 2.24) is 14.5 Å². The molecule has 168 valence electrons. The molecule has 1 atom stereocenters. The number of amides is 1. The summed E-state index contributed by atoms with van der Waals surface area (Å²) in [6.45, 7) is 2.28. The van der Waals surface area contributed by atoms with Crippen LogP contribution in [-0.4, -0.2) is 66.9 Å². The highest BCUT2D eigenvalue weighted by atomic mass is 32.2. The van der Waals surface area contributed by atoms with Gasteiger partial charge in [0.2, 0.25) is 21.1 Å². The number of nitrogens with one attached hydrogen (secondary N) is 1. The van der Waals surface area contributed by atoms with E-state index in [1.165, 1.54) is 23.5 Å². The molecule has 1 aliphatic rings. The largest absolute Gasteiger partial charge is 0.497 e. The average Bonchev–Trinajstić information content (AvgIpc) is 3.42. The quantitative estimate of drug-likeness (QED) is 0.321. The smallest absolute Gasteiger partial charge is 0.316 e. The maximum atomic E-state index is 13.0. The molecule has 31 heavy (non-hydrogen) atoms. The molecule has 1 aromatic heterocycles. The molecule has 1 unspecified atom stereocenters. The summed E-state index contributed by atoms with van der Waals surface area (Å²) < 4.78 is 37.7. The summed E-state index contributed by atoms with van der Waals surface area (Å²) in [5, 5.41) is 10.7. The van der Waals surface area contributed by atoms with E-state index in [1.807, 2.05) is 0 Å². The number of nitrogens with zero attached hydrogens (tertiary/aromatic N) is 3. The lowest BCUT2D eigenvalue weighted by atomic mass is 10.2. The van der Waals surface area contributed by atoms with E-state index in [2.05, 4.69) is 15.5 Å². The van der Waals surface area contributed by atoms with Gasteiger partial charge < -0.3 is 9.47 Å². The van der Waals surface area contributed by atoms with Crippen LogP contribution < -0.4 is 10.1 Å². The van der Waals surface area contributed by atoms with E-state index in [0.717, 1.165) is 23.1 Å². The molecule has 2 aromatic rings. The third-order valence-corrected chi connectivity index (χ3v) is 8.30. The molecule has 1 fully saturated rings. The summed E-state index contributed by atoms with van der Waals surface area (Å²) in [6, 6.07) is 5.20. The van der Waals surface area contributed by atoms with Crippen molar-refractivity contribution in [2.24, 2.45) is 0 Å². The average molecular weight is 487 g/mol. The number of thioether (sulfide) groups is 1. The van der Waals surface area contributed by atoms with Crippen LogP contribution in [0.2, 0.25) is 0 Å². The van der Waals surface area contributed by atoms with Gasteiger partial charge in [0.25, 0.3) is 0 Å². The first-order chi connectivity index (χ1) is 14.8. The number of hydrogen-bond donors (Lipinski definition) is 1. The van der Waals surface area contributed by atoms with E-state index in [4.69, 9.17) is 9.47 Å². The highest BCUT2D eigenvalue weighted by Crippen LogP contribution is 2.29. The number of aromatic nitrogens is 2. The highest BCUT2D eigenvalue weighted by molar-refractivity contribution is 8.01. The number of anilines is 1. The van der Waals surface area contributed by atoms with Gasteiger partial charge in [-0.3, -0.25) is 14.9 Å². The Kier molecular flexibility index (Phi) is 7.86. The Morgan fingerprint density at radius 1 is 1.29 bits per heavy atom. The number of methoxy groups -OCH3 is 1. The van der Waals surface area contributed by atoms with Crippen LogP contribution in [0.4, 0.5) is 5.13 Å². The summed E-state index contributed by atoms with van der Waals surface area (Å²) in [5.41, 5.74) is 0. The molecular formula is C18H22N4O6S3. The molecule has 0 bridgehead atoms. The molecule has 1 saturated heterocycles. The number of carbonyl (C=O) groups is 2. The lowest BCUT2D eigenvalue weighted by molar-refractivity contribution is -0.139. The fourth-order valence-corrected chi connectivity index (χ4v) is 6.21. The summed E-state index contributed by atoms with van der Waals surface area (Å²) in [6.07, 6.45) is 0.981. The van der Waals surface area contributed by atoms with Gasteiger partial charge in [0.1, 0.15) is 11.8 Å². The Balaban J connectivity index is 1.65. The molecule has 0 saturated carbocycles. The van der Waals surface area contributed by atoms with Gasteiger partial charge in [-0.2, -0.15) is 4.31 Å². The lowest BCUT2D eigenvalue weighted by Crippen LogP contribution is -2.43. The molecule has 10 nitrogen and oxygen atoms in total. The number of hydrogen-bond acceptors (Lipinski definition) is 10. The van der Waals surface area contributed by atoms with Crippen LogP contribution in [0, 0.1) is 0 Å². The number of carbonyl (C=O) groups excluding carboxylic acids is 2. The van der Waals surface area contributed by atoms with Crippen molar-refractivity contribution in [2.75, 3.05) is 31.3 Å². The SMILES string of the molecule is CCOC(=O)CSc1nnc(NC(=O)C2CCCN2S(=O)(=O)c2ccc(OC)cc2)s1. The standard InChI is InChI=1S/C18H22N4O6S3/c1-3-28-15(23)11-29-18-21-20-17(30-18)19-16(24)14-5-4-10-22(14)31(25,26)13-8-6-12(27-2)7-9-13/h6-9,14H,3-5,10-11H2,1-2H3,(H,19,20,24). The molecule has 0 spiro atoms. The molecule has 1 amide bonds. The number of ether oxygens (including phenoxy) is 2. The van der Waals surface area contributed by atoms with Crippen molar-refractivity contribution in [2.45, 2.75) is 35.0 Å². The first kappa shape index (κ1) is 23.4. The van der Waals surface area contributed by atoms with Gasteiger partial charge in [-0.05, 0) is 44.0 Å². The molecule has 0 aliphatic carbocycles. The third kappa shape index (κ3) is 5.73. The molecule has 1 aromatic carbocycles. The summed E-state index contributed by atoms with van der Waals surface area (Å²) >= 11 is 2.26.